The maximum atomic E-state index is 11.5. The zero-order chi connectivity index (χ0) is 15.9. The van der Waals surface area contributed by atoms with Crippen molar-refractivity contribution in [2.45, 2.75) is 19.3 Å². The van der Waals surface area contributed by atoms with Crippen LogP contribution in [-0.4, -0.2) is 55.8 Å². The minimum absolute atomic E-state index is 0.0225. The van der Waals surface area contributed by atoms with E-state index in [0.717, 1.165) is 17.1 Å². The lowest BCUT2D eigenvalue weighted by atomic mass is 10.3. The summed E-state index contributed by atoms with van der Waals surface area (Å²) >= 11 is 0. The number of rotatable bonds is 10. The van der Waals surface area contributed by atoms with Crippen LogP contribution in [0.1, 0.15) is 19.3 Å². The van der Waals surface area contributed by atoms with Crippen LogP contribution in [0.5, 0.6) is 0 Å². The smallest absolute Gasteiger partial charge is 0.303 e. The zero-order valence-electron chi connectivity index (χ0n) is 11.2. The van der Waals surface area contributed by atoms with Crippen LogP contribution < -0.4 is 9.44 Å². The van der Waals surface area contributed by atoms with Gasteiger partial charge in [0.2, 0.25) is 0 Å². The van der Waals surface area contributed by atoms with Crippen molar-refractivity contribution in [3.8, 4) is 0 Å². The lowest BCUT2D eigenvalue weighted by Gasteiger charge is -2.13. The highest BCUT2D eigenvalue weighted by atomic mass is 32.2. The van der Waals surface area contributed by atoms with Crippen LogP contribution >= 0.6 is 0 Å². The second-order valence-corrected chi connectivity index (χ2v) is 5.89. The molecule has 1 rings (SSSR count). The van der Waals surface area contributed by atoms with E-state index in [1.165, 1.54) is 0 Å². The van der Waals surface area contributed by atoms with Crippen molar-refractivity contribution in [3.63, 3.8) is 0 Å². The molecule has 1 heterocycles. The number of hydrogen-bond donors (Lipinski definition) is 3. The standard InChI is InChI=1S/C11H17N3O6S/c15-9-4-5-10(16)14(9)8-2-7-13-21(19,20)12-6-1-3-11(17)18/h4-5,12-13H,1-3,6-8H2,(H,17,18). The first-order valence-electron chi connectivity index (χ1n) is 6.31. The number of amides is 2. The highest BCUT2D eigenvalue weighted by molar-refractivity contribution is 7.87. The van der Waals surface area contributed by atoms with Crippen LogP contribution in [0.4, 0.5) is 0 Å². The van der Waals surface area contributed by atoms with E-state index in [1.807, 2.05) is 0 Å². The Balaban J connectivity index is 2.17. The molecule has 0 bridgehead atoms. The Hall–Kier alpha value is -1.78. The van der Waals surface area contributed by atoms with Crippen molar-refractivity contribution < 1.29 is 27.9 Å². The first kappa shape index (κ1) is 17.3. The number of nitrogens with one attached hydrogen (secondary N) is 2. The first-order chi connectivity index (χ1) is 9.82. The van der Waals surface area contributed by atoms with Crippen LogP contribution in [0.25, 0.3) is 0 Å². The van der Waals surface area contributed by atoms with Gasteiger partial charge in [0, 0.05) is 38.2 Å². The van der Waals surface area contributed by atoms with Crippen LogP contribution in [0.15, 0.2) is 12.2 Å². The topological polar surface area (TPSA) is 133 Å². The van der Waals surface area contributed by atoms with Gasteiger partial charge in [-0.1, -0.05) is 0 Å². The predicted octanol–water partition coefficient (Wildman–Crippen LogP) is -1.41. The summed E-state index contributed by atoms with van der Waals surface area (Å²) in [6.07, 6.45) is 2.69. The van der Waals surface area contributed by atoms with Gasteiger partial charge in [0.1, 0.15) is 0 Å². The molecule has 21 heavy (non-hydrogen) atoms. The number of carboxylic acids is 1. The van der Waals surface area contributed by atoms with Gasteiger partial charge in [0.15, 0.2) is 0 Å². The minimum Gasteiger partial charge on any atom is -0.481 e. The molecule has 9 nitrogen and oxygen atoms in total. The molecule has 10 heteroatoms. The van der Waals surface area contributed by atoms with Gasteiger partial charge < -0.3 is 5.11 Å². The van der Waals surface area contributed by atoms with E-state index >= 15 is 0 Å². The molecule has 0 spiro atoms. The second kappa shape index (κ2) is 7.86. The third-order valence-corrected chi connectivity index (χ3v) is 3.78. The maximum absolute atomic E-state index is 11.5. The number of aliphatic carboxylic acids is 1. The lowest BCUT2D eigenvalue weighted by Crippen LogP contribution is -2.39. The van der Waals surface area contributed by atoms with E-state index in [-0.39, 0.29) is 38.9 Å². The van der Waals surface area contributed by atoms with Gasteiger partial charge in [-0.15, -0.1) is 0 Å². The molecule has 2 amide bonds. The average molecular weight is 319 g/mol. The number of hydrogen-bond acceptors (Lipinski definition) is 5. The van der Waals surface area contributed by atoms with Crippen molar-refractivity contribution in [2.75, 3.05) is 19.6 Å². The summed E-state index contributed by atoms with van der Waals surface area (Å²) in [6, 6.07) is 0. The molecule has 1 aliphatic heterocycles. The van der Waals surface area contributed by atoms with Crippen molar-refractivity contribution in [1.82, 2.24) is 14.3 Å². The van der Waals surface area contributed by atoms with Gasteiger partial charge in [-0.05, 0) is 12.8 Å². The SMILES string of the molecule is O=C(O)CCCNS(=O)(=O)NCCCN1C(=O)C=CC1=O. The number of imide groups is 1. The molecule has 0 unspecified atom stereocenters. The van der Waals surface area contributed by atoms with Crippen molar-refractivity contribution >= 4 is 28.0 Å². The molecule has 0 aromatic heterocycles. The van der Waals surface area contributed by atoms with Gasteiger partial charge in [-0.3, -0.25) is 19.3 Å². The van der Waals surface area contributed by atoms with E-state index in [1.54, 1.807) is 0 Å². The third kappa shape index (κ3) is 6.47. The molecule has 0 aromatic carbocycles. The van der Waals surface area contributed by atoms with Crippen LogP contribution in [-0.2, 0) is 24.6 Å². The van der Waals surface area contributed by atoms with Gasteiger partial charge in [-0.25, -0.2) is 9.44 Å². The van der Waals surface area contributed by atoms with E-state index in [0.29, 0.717) is 0 Å². The monoisotopic (exact) mass is 319 g/mol. The first-order valence-corrected chi connectivity index (χ1v) is 7.80. The summed E-state index contributed by atoms with van der Waals surface area (Å²) in [5.74, 6) is -1.81. The van der Waals surface area contributed by atoms with E-state index in [2.05, 4.69) is 9.44 Å². The van der Waals surface area contributed by atoms with Crippen LogP contribution in [0.3, 0.4) is 0 Å². The molecule has 0 radical (unpaired) electrons. The molecule has 1 aliphatic rings. The maximum Gasteiger partial charge on any atom is 0.303 e. The van der Waals surface area contributed by atoms with Gasteiger partial charge >= 0.3 is 5.97 Å². The van der Waals surface area contributed by atoms with E-state index in [9.17, 15) is 22.8 Å². The van der Waals surface area contributed by atoms with Gasteiger partial charge in [-0.2, -0.15) is 8.42 Å². The highest BCUT2D eigenvalue weighted by Crippen LogP contribution is 2.03. The van der Waals surface area contributed by atoms with Gasteiger partial charge in [0.25, 0.3) is 22.0 Å². The van der Waals surface area contributed by atoms with Crippen LogP contribution in [0, 0.1) is 0 Å². The Morgan fingerprint density at radius 2 is 1.62 bits per heavy atom. The average Bonchev–Trinajstić information content (AvgIpc) is 2.71. The van der Waals surface area contributed by atoms with E-state index < -0.39 is 28.0 Å². The summed E-state index contributed by atoms with van der Waals surface area (Å²) in [5.41, 5.74) is 0. The molecule has 0 fully saturated rings. The summed E-state index contributed by atoms with van der Waals surface area (Å²) in [6.45, 7) is 0.214. The number of nitrogens with zero attached hydrogens (tertiary/aromatic N) is 1. The Bertz CT molecular complexity index is 524. The summed E-state index contributed by atoms with van der Waals surface area (Å²) in [5, 5.41) is 8.41. The Morgan fingerprint density at radius 1 is 1.10 bits per heavy atom. The Kier molecular flexibility index (Phi) is 6.46. The quantitative estimate of drug-likeness (QED) is 0.335. The Morgan fingerprint density at radius 3 is 2.14 bits per heavy atom. The summed E-state index contributed by atoms with van der Waals surface area (Å²) < 4.78 is 27.4. The minimum atomic E-state index is -3.70. The lowest BCUT2D eigenvalue weighted by molar-refractivity contribution is -0.138. The second-order valence-electron chi connectivity index (χ2n) is 4.30. The molecule has 0 aliphatic carbocycles. The summed E-state index contributed by atoms with van der Waals surface area (Å²) in [4.78, 5) is 33.7. The molecular weight excluding hydrogens is 302 g/mol. The number of carboxylic acid groups (broad SMARTS) is 1. The number of carbonyl (C=O) groups is 3. The molecule has 3 N–H and O–H groups in total. The summed E-state index contributed by atoms with van der Waals surface area (Å²) in [7, 11) is -3.70. The normalized spacial score (nSPS) is 15.0. The molecule has 0 saturated carbocycles. The predicted molar refractivity (Wildman–Crippen MR) is 72.3 cm³/mol. The fourth-order valence-electron chi connectivity index (χ4n) is 1.59. The van der Waals surface area contributed by atoms with Crippen molar-refractivity contribution in [3.05, 3.63) is 12.2 Å². The fraction of sp³-hybridized carbons (Fsp3) is 0.545. The molecular formula is C11H17N3O6S. The van der Waals surface area contributed by atoms with Crippen molar-refractivity contribution in [2.24, 2.45) is 0 Å². The molecule has 0 saturated heterocycles. The molecule has 118 valence electrons. The fourth-order valence-corrected chi connectivity index (χ4v) is 2.52. The van der Waals surface area contributed by atoms with Crippen LogP contribution in [0.2, 0.25) is 0 Å². The Labute approximate surface area is 122 Å². The highest BCUT2D eigenvalue weighted by Gasteiger charge is 2.22. The largest absolute Gasteiger partial charge is 0.481 e. The van der Waals surface area contributed by atoms with Gasteiger partial charge in [0.05, 0.1) is 0 Å². The third-order valence-electron chi connectivity index (χ3n) is 2.61. The van der Waals surface area contributed by atoms with Crippen molar-refractivity contribution in [1.29, 1.82) is 0 Å². The van der Waals surface area contributed by atoms with E-state index in [4.69, 9.17) is 5.11 Å². The zero-order valence-corrected chi connectivity index (χ0v) is 12.1. The molecule has 0 aromatic rings. The number of carbonyl (C=O) groups excluding carboxylic acids is 2. The molecule has 0 atom stereocenters.